The molecule has 1 saturated heterocycles. The molecule has 1 aliphatic rings. The van der Waals surface area contributed by atoms with E-state index in [0.29, 0.717) is 11.3 Å². The molecule has 2 rings (SSSR count). The van der Waals surface area contributed by atoms with Gasteiger partial charge in [0, 0.05) is 39.8 Å². The highest BCUT2D eigenvalue weighted by Gasteiger charge is 2.25. The van der Waals surface area contributed by atoms with E-state index in [0.717, 1.165) is 19.4 Å². The average molecular weight is 357 g/mol. The van der Waals surface area contributed by atoms with Gasteiger partial charge in [0.1, 0.15) is 0 Å². The molecule has 20 heavy (non-hydrogen) atoms. The van der Waals surface area contributed by atoms with Gasteiger partial charge < -0.3 is 10.6 Å². The second-order valence-electron chi connectivity index (χ2n) is 5.66. The summed E-state index contributed by atoms with van der Waals surface area (Å²) < 4.78 is 1.19. The maximum Gasteiger partial charge on any atom is 0.0380 e. The Labute approximate surface area is 135 Å². The van der Waals surface area contributed by atoms with Crippen LogP contribution in [-0.4, -0.2) is 29.6 Å². The van der Waals surface area contributed by atoms with Crippen molar-refractivity contribution in [1.29, 1.82) is 0 Å². The summed E-state index contributed by atoms with van der Waals surface area (Å²) in [4.78, 5) is 2.52. The average Bonchev–Trinajstić information content (AvgIpc) is 2.44. The lowest BCUT2D eigenvalue weighted by Gasteiger charge is -2.39. The van der Waals surface area contributed by atoms with Crippen LogP contribution >= 0.6 is 27.7 Å². The van der Waals surface area contributed by atoms with Crippen LogP contribution in [0.25, 0.3) is 0 Å². The summed E-state index contributed by atoms with van der Waals surface area (Å²) in [5, 5.41) is 0.690. The lowest BCUT2D eigenvalue weighted by Crippen LogP contribution is -2.44. The molecule has 1 aliphatic heterocycles. The quantitative estimate of drug-likeness (QED) is 0.881. The lowest BCUT2D eigenvalue weighted by atomic mass is 10.0. The number of halogens is 1. The standard InChI is InChI=1S/C16H25BrN2S/c1-4-14(18)9-13-5-6-15(10-16(13)17)19-7-8-20-12(3)11(19)2/h5-6,10-12,14H,4,7-9,18H2,1-3H3. The third kappa shape index (κ3) is 3.71. The van der Waals surface area contributed by atoms with Gasteiger partial charge in [-0.15, -0.1) is 0 Å². The van der Waals surface area contributed by atoms with Gasteiger partial charge in [0.05, 0.1) is 0 Å². The molecule has 3 atom stereocenters. The topological polar surface area (TPSA) is 29.3 Å². The summed E-state index contributed by atoms with van der Waals surface area (Å²) >= 11 is 5.79. The van der Waals surface area contributed by atoms with Crippen LogP contribution in [0.1, 0.15) is 32.8 Å². The number of benzene rings is 1. The molecule has 0 aromatic heterocycles. The Balaban J connectivity index is 2.16. The highest BCUT2D eigenvalue weighted by atomic mass is 79.9. The predicted octanol–water partition coefficient (Wildman–Crippen LogP) is 4.06. The van der Waals surface area contributed by atoms with E-state index in [-0.39, 0.29) is 6.04 Å². The monoisotopic (exact) mass is 356 g/mol. The molecule has 1 heterocycles. The van der Waals surface area contributed by atoms with Gasteiger partial charge in [-0.25, -0.2) is 0 Å². The number of hydrogen-bond acceptors (Lipinski definition) is 3. The highest BCUT2D eigenvalue weighted by Crippen LogP contribution is 2.32. The molecule has 0 spiro atoms. The zero-order chi connectivity index (χ0) is 14.7. The fraction of sp³-hybridized carbons (Fsp3) is 0.625. The normalized spacial score (nSPS) is 24.8. The number of thioether (sulfide) groups is 1. The third-order valence-corrected chi connectivity index (χ3v) is 6.33. The van der Waals surface area contributed by atoms with Gasteiger partial charge in [0.2, 0.25) is 0 Å². The maximum absolute atomic E-state index is 6.06. The molecule has 0 aliphatic carbocycles. The van der Waals surface area contributed by atoms with Crippen LogP contribution in [0.4, 0.5) is 5.69 Å². The van der Waals surface area contributed by atoms with Crippen LogP contribution in [0.5, 0.6) is 0 Å². The Morgan fingerprint density at radius 3 is 2.85 bits per heavy atom. The largest absolute Gasteiger partial charge is 0.367 e. The van der Waals surface area contributed by atoms with Crippen molar-refractivity contribution in [3.63, 3.8) is 0 Å². The molecule has 112 valence electrons. The van der Waals surface area contributed by atoms with Crippen LogP contribution < -0.4 is 10.6 Å². The van der Waals surface area contributed by atoms with Gasteiger partial charge in [0.25, 0.3) is 0 Å². The number of anilines is 1. The smallest absolute Gasteiger partial charge is 0.0380 e. The van der Waals surface area contributed by atoms with Crippen molar-refractivity contribution in [1.82, 2.24) is 0 Å². The van der Waals surface area contributed by atoms with Crippen molar-refractivity contribution < 1.29 is 0 Å². The number of nitrogens with zero attached hydrogens (tertiary/aromatic N) is 1. The van der Waals surface area contributed by atoms with Crippen molar-refractivity contribution in [3.8, 4) is 0 Å². The predicted molar refractivity (Wildman–Crippen MR) is 94.8 cm³/mol. The molecule has 0 radical (unpaired) electrons. The van der Waals surface area contributed by atoms with Crippen LogP contribution in [0, 0.1) is 0 Å². The summed E-state index contributed by atoms with van der Waals surface area (Å²) in [5.41, 5.74) is 8.70. The van der Waals surface area contributed by atoms with E-state index in [9.17, 15) is 0 Å². The van der Waals surface area contributed by atoms with E-state index in [1.54, 1.807) is 0 Å². The summed E-state index contributed by atoms with van der Waals surface area (Å²) in [7, 11) is 0. The molecule has 4 heteroatoms. The molecular formula is C16H25BrN2S. The van der Waals surface area contributed by atoms with Gasteiger partial charge in [-0.2, -0.15) is 11.8 Å². The molecule has 3 unspecified atom stereocenters. The van der Waals surface area contributed by atoms with E-state index in [2.05, 4.69) is 71.6 Å². The highest BCUT2D eigenvalue weighted by molar-refractivity contribution is 9.10. The Morgan fingerprint density at radius 1 is 1.45 bits per heavy atom. The first-order chi connectivity index (χ1) is 9.52. The summed E-state index contributed by atoms with van der Waals surface area (Å²) in [5.74, 6) is 1.21. The molecule has 0 bridgehead atoms. The number of hydrogen-bond donors (Lipinski definition) is 1. The van der Waals surface area contributed by atoms with E-state index in [1.807, 2.05) is 0 Å². The van der Waals surface area contributed by atoms with Crippen LogP contribution in [0.15, 0.2) is 22.7 Å². The second kappa shape index (κ2) is 7.19. The minimum Gasteiger partial charge on any atom is -0.367 e. The lowest BCUT2D eigenvalue weighted by molar-refractivity contribution is 0.626. The molecule has 0 amide bonds. The first kappa shape index (κ1) is 16.2. The maximum atomic E-state index is 6.06. The fourth-order valence-corrected chi connectivity index (χ4v) is 4.23. The molecule has 1 aromatic rings. The van der Waals surface area contributed by atoms with E-state index in [4.69, 9.17) is 5.73 Å². The van der Waals surface area contributed by atoms with Crippen LogP contribution in [0.2, 0.25) is 0 Å². The van der Waals surface area contributed by atoms with Crippen molar-refractivity contribution in [2.24, 2.45) is 5.73 Å². The van der Waals surface area contributed by atoms with E-state index >= 15 is 0 Å². The Kier molecular flexibility index (Phi) is 5.82. The molecule has 2 nitrogen and oxygen atoms in total. The van der Waals surface area contributed by atoms with Crippen LogP contribution in [0.3, 0.4) is 0 Å². The van der Waals surface area contributed by atoms with Crippen molar-refractivity contribution in [2.45, 2.75) is 50.9 Å². The van der Waals surface area contributed by atoms with Gasteiger partial charge >= 0.3 is 0 Å². The Hall–Kier alpha value is -0.190. The van der Waals surface area contributed by atoms with Crippen molar-refractivity contribution >= 4 is 33.4 Å². The Morgan fingerprint density at radius 2 is 2.20 bits per heavy atom. The number of rotatable bonds is 4. The minimum absolute atomic E-state index is 0.252. The number of nitrogens with two attached hydrogens (primary N) is 1. The molecule has 2 N–H and O–H groups in total. The summed E-state index contributed by atoms with van der Waals surface area (Å²) in [6.07, 6.45) is 1.96. The Bertz CT molecular complexity index is 452. The first-order valence-electron chi connectivity index (χ1n) is 7.45. The zero-order valence-electron chi connectivity index (χ0n) is 12.6. The van der Waals surface area contributed by atoms with Crippen molar-refractivity contribution in [2.75, 3.05) is 17.2 Å². The second-order valence-corrected chi connectivity index (χ2v) is 8.00. The first-order valence-corrected chi connectivity index (χ1v) is 9.29. The van der Waals surface area contributed by atoms with E-state index < -0.39 is 0 Å². The van der Waals surface area contributed by atoms with Crippen molar-refractivity contribution in [3.05, 3.63) is 28.2 Å². The van der Waals surface area contributed by atoms with Gasteiger partial charge in [-0.05, 0) is 37.5 Å². The van der Waals surface area contributed by atoms with Crippen LogP contribution in [-0.2, 0) is 6.42 Å². The summed E-state index contributed by atoms with van der Waals surface area (Å²) in [6.45, 7) is 7.93. The molecule has 0 saturated carbocycles. The van der Waals surface area contributed by atoms with E-state index in [1.165, 1.54) is 21.5 Å². The fourth-order valence-electron chi connectivity index (χ4n) is 2.60. The molecular weight excluding hydrogens is 332 g/mol. The summed E-state index contributed by atoms with van der Waals surface area (Å²) in [6, 6.07) is 7.58. The third-order valence-electron chi connectivity index (χ3n) is 4.26. The molecule has 1 aromatic carbocycles. The van der Waals surface area contributed by atoms with Gasteiger partial charge in [-0.3, -0.25) is 0 Å². The SMILES string of the molecule is CCC(N)Cc1ccc(N2CCSC(C)C2C)cc1Br. The van der Waals surface area contributed by atoms with Gasteiger partial charge in [-0.1, -0.05) is 35.8 Å². The minimum atomic E-state index is 0.252. The molecule has 1 fully saturated rings. The van der Waals surface area contributed by atoms with Gasteiger partial charge in [0.15, 0.2) is 0 Å². The zero-order valence-corrected chi connectivity index (χ0v) is 15.0.